The van der Waals surface area contributed by atoms with Gasteiger partial charge in [0.2, 0.25) is 0 Å². The number of rotatable bonds is 7. The highest BCUT2D eigenvalue weighted by Gasteiger charge is 2.27. The first-order chi connectivity index (χ1) is 6.45. The Balaban J connectivity index is 3.32. The van der Waals surface area contributed by atoms with E-state index in [0.717, 1.165) is 6.42 Å². The molecule has 0 fully saturated rings. The van der Waals surface area contributed by atoms with Gasteiger partial charge >= 0.3 is 6.18 Å². The number of hydrogen-bond acceptors (Lipinski definition) is 2. The maximum atomic E-state index is 11.7. The Bertz CT molecular complexity index is 137. The first-order valence-corrected chi connectivity index (χ1v) is 4.78. The fraction of sp³-hybridized carbons (Fsp3) is 1.00. The average Bonchev–Trinajstić information content (AvgIpc) is 2.08. The Hall–Kier alpha value is -0.290. The highest BCUT2D eigenvalue weighted by Crippen LogP contribution is 2.22. The second-order valence-corrected chi connectivity index (χ2v) is 3.21. The van der Waals surface area contributed by atoms with E-state index >= 15 is 0 Å². The van der Waals surface area contributed by atoms with Gasteiger partial charge in [0, 0.05) is 19.6 Å². The number of aliphatic hydroxyl groups excluding tert-OH is 1. The quantitative estimate of drug-likeness (QED) is 0.660. The van der Waals surface area contributed by atoms with Crippen molar-refractivity contribution >= 4 is 0 Å². The lowest BCUT2D eigenvalue weighted by molar-refractivity contribution is -0.140. The molecule has 0 aromatic rings. The van der Waals surface area contributed by atoms with Gasteiger partial charge in [-0.15, -0.1) is 0 Å². The molecule has 1 atom stereocenters. The zero-order valence-corrected chi connectivity index (χ0v) is 8.31. The molecule has 0 aliphatic carbocycles. The standard InChI is InChI=1S/C9H17F3O2/c1-2-6-14-7-4-8(13)3-5-9(10,11)12/h8,13H,2-7H2,1H3. The average molecular weight is 214 g/mol. The predicted octanol–water partition coefficient (Wildman–Crippen LogP) is 2.51. The summed E-state index contributed by atoms with van der Waals surface area (Å²) in [6, 6.07) is 0. The van der Waals surface area contributed by atoms with Gasteiger partial charge in [-0.2, -0.15) is 13.2 Å². The van der Waals surface area contributed by atoms with Gasteiger partial charge in [0.1, 0.15) is 0 Å². The Morgan fingerprint density at radius 3 is 2.36 bits per heavy atom. The number of alkyl halides is 3. The molecule has 0 rings (SSSR count). The topological polar surface area (TPSA) is 29.5 Å². The molecule has 0 saturated heterocycles. The molecule has 0 radical (unpaired) electrons. The molecule has 0 bridgehead atoms. The number of halogens is 3. The van der Waals surface area contributed by atoms with Crippen LogP contribution in [-0.2, 0) is 4.74 Å². The van der Waals surface area contributed by atoms with Crippen LogP contribution < -0.4 is 0 Å². The predicted molar refractivity (Wildman–Crippen MR) is 47.0 cm³/mol. The third kappa shape index (κ3) is 9.80. The summed E-state index contributed by atoms with van der Waals surface area (Å²) in [6.07, 6.45) is -5.10. The van der Waals surface area contributed by atoms with Crippen LogP contribution in [0.15, 0.2) is 0 Å². The van der Waals surface area contributed by atoms with Gasteiger partial charge in [-0.25, -0.2) is 0 Å². The summed E-state index contributed by atoms with van der Waals surface area (Å²) < 4.78 is 40.2. The van der Waals surface area contributed by atoms with E-state index in [2.05, 4.69) is 0 Å². The van der Waals surface area contributed by atoms with E-state index in [1.54, 1.807) is 0 Å². The maximum Gasteiger partial charge on any atom is 0.389 e. The minimum atomic E-state index is -4.18. The van der Waals surface area contributed by atoms with Crippen LogP contribution in [0.1, 0.15) is 32.6 Å². The van der Waals surface area contributed by atoms with Crippen LogP contribution in [0.4, 0.5) is 13.2 Å². The Morgan fingerprint density at radius 2 is 1.86 bits per heavy atom. The highest BCUT2D eigenvalue weighted by molar-refractivity contribution is 4.59. The Labute approximate surface area is 82.1 Å². The van der Waals surface area contributed by atoms with Crippen LogP contribution in [0.25, 0.3) is 0 Å². The van der Waals surface area contributed by atoms with Crippen molar-refractivity contribution in [3.63, 3.8) is 0 Å². The van der Waals surface area contributed by atoms with Crippen molar-refractivity contribution in [1.29, 1.82) is 0 Å². The molecular formula is C9H17F3O2. The fourth-order valence-electron chi connectivity index (χ4n) is 0.940. The number of aliphatic hydroxyl groups is 1. The van der Waals surface area contributed by atoms with E-state index in [1.807, 2.05) is 6.92 Å². The summed E-state index contributed by atoms with van der Waals surface area (Å²) in [5.41, 5.74) is 0. The molecule has 0 saturated carbocycles. The van der Waals surface area contributed by atoms with Gasteiger partial charge in [-0.05, 0) is 19.3 Å². The van der Waals surface area contributed by atoms with Gasteiger partial charge in [-0.1, -0.05) is 6.92 Å². The first-order valence-electron chi connectivity index (χ1n) is 4.78. The van der Waals surface area contributed by atoms with Gasteiger partial charge in [-0.3, -0.25) is 0 Å². The molecule has 0 aliphatic heterocycles. The lowest BCUT2D eigenvalue weighted by Crippen LogP contribution is -2.16. The summed E-state index contributed by atoms with van der Waals surface area (Å²) >= 11 is 0. The van der Waals surface area contributed by atoms with Crippen molar-refractivity contribution < 1.29 is 23.0 Å². The van der Waals surface area contributed by atoms with Crippen molar-refractivity contribution in [3.8, 4) is 0 Å². The lowest BCUT2D eigenvalue weighted by Gasteiger charge is -2.12. The first kappa shape index (κ1) is 13.7. The molecule has 0 aromatic carbocycles. The zero-order chi connectivity index (χ0) is 11.0. The third-order valence-electron chi connectivity index (χ3n) is 1.70. The second-order valence-electron chi connectivity index (χ2n) is 3.21. The monoisotopic (exact) mass is 214 g/mol. The molecule has 0 aliphatic rings. The molecule has 86 valence electrons. The fourth-order valence-corrected chi connectivity index (χ4v) is 0.940. The van der Waals surface area contributed by atoms with Crippen molar-refractivity contribution in [1.82, 2.24) is 0 Å². The van der Waals surface area contributed by atoms with Gasteiger partial charge in [0.25, 0.3) is 0 Å². The van der Waals surface area contributed by atoms with Crippen molar-refractivity contribution in [2.24, 2.45) is 0 Å². The molecule has 2 nitrogen and oxygen atoms in total. The van der Waals surface area contributed by atoms with E-state index in [0.29, 0.717) is 13.2 Å². The van der Waals surface area contributed by atoms with E-state index in [-0.39, 0.29) is 12.8 Å². The molecule has 0 aromatic heterocycles. The molecule has 1 unspecified atom stereocenters. The Morgan fingerprint density at radius 1 is 1.21 bits per heavy atom. The van der Waals surface area contributed by atoms with Crippen LogP contribution in [0.3, 0.4) is 0 Å². The molecule has 1 N–H and O–H groups in total. The van der Waals surface area contributed by atoms with Gasteiger partial charge in [0.05, 0.1) is 6.10 Å². The van der Waals surface area contributed by atoms with Crippen LogP contribution in [0.5, 0.6) is 0 Å². The van der Waals surface area contributed by atoms with Gasteiger partial charge < -0.3 is 9.84 Å². The minimum Gasteiger partial charge on any atom is -0.393 e. The molecule has 14 heavy (non-hydrogen) atoms. The molecular weight excluding hydrogens is 197 g/mol. The number of ether oxygens (including phenoxy) is 1. The third-order valence-corrected chi connectivity index (χ3v) is 1.70. The normalized spacial score (nSPS) is 14.4. The summed E-state index contributed by atoms with van der Waals surface area (Å²) in [5, 5.41) is 9.13. The second kappa shape index (κ2) is 7.06. The summed E-state index contributed by atoms with van der Waals surface area (Å²) in [7, 11) is 0. The zero-order valence-electron chi connectivity index (χ0n) is 8.31. The SMILES string of the molecule is CCCOCCC(O)CCC(F)(F)F. The Kier molecular flexibility index (Phi) is 6.92. The summed E-state index contributed by atoms with van der Waals surface area (Å²) in [6.45, 7) is 2.86. The largest absolute Gasteiger partial charge is 0.393 e. The van der Waals surface area contributed by atoms with Crippen molar-refractivity contribution in [2.45, 2.75) is 44.9 Å². The van der Waals surface area contributed by atoms with Crippen LogP contribution >= 0.6 is 0 Å². The molecule has 0 spiro atoms. The van der Waals surface area contributed by atoms with Crippen LogP contribution in [-0.4, -0.2) is 30.6 Å². The summed E-state index contributed by atoms with van der Waals surface area (Å²) in [4.78, 5) is 0. The highest BCUT2D eigenvalue weighted by atomic mass is 19.4. The minimum absolute atomic E-state index is 0.237. The van der Waals surface area contributed by atoms with E-state index < -0.39 is 18.7 Å². The number of hydrogen-bond donors (Lipinski definition) is 1. The van der Waals surface area contributed by atoms with E-state index in [9.17, 15) is 13.2 Å². The molecule has 0 heterocycles. The lowest BCUT2D eigenvalue weighted by atomic mass is 10.1. The maximum absolute atomic E-state index is 11.7. The smallest absolute Gasteiger partial charge is 0.389 e. The van der Waals surface area contributed by atoms with Crippen molar-refractivity contribution in [3.05, 3.63) is 0 Å². The molecule has 0 amide bonds. The van der Waals surface area contributed by atoms with Crippen LogP contribution in [0.2, 0.25) is 0 Å². The van der Waals surface area contributed by atoms with E-state index in [1.165, 1.54) is 0 Å². The van der Waals surface area contributed by atoms with Crippen LogP contribution in [0, 0.1) is 0 Å². The van der Waals surface area contributed by atoms with Crippen molar-refractivity contribution in [2.75, 3.05) is 13.2 Å². The van der Waals surface area contributed by atoms with Gasteiger partial charge in [0.15, 0.2) is 0 Å². The van der Waals surface area contributed by atoms with E-state index in [4.69, 9.17) is 9.84 Å². The summed E-state index contributed by atoms with van der Waals surface area (Å²) in [5.74, 6) is 0. The molecule has 5 heteroatoms.